The van der Waals surface area contributed by atoms with Gasteiger partial charge in [-0.3, -0.25) is 4.79 Å². The number of carbonyl (C=O) groups is 1. The smallest absolute Gasteiger partial charge is 0.311 e. The lowest BCUT2D eigenvalue weighted by Gasteiger charge is -2.36. The van der Waals surface area contributed by atoms with Crippen molar-refractivity contribution in [1.82, 2.24) is 0 Å². The molecular weight excluding hydrogens is 190 g/mol. The topological polar surface area (TPSA) is 52.3 Å². The lowest BCUT2D eigenvalue weighted by atomic mass is 9.70. The fourth-order valence-electron chi connectivity index (χ4n) is 2.32. The first kappa shape index (κ1) is 12.5. The Labute approximate surface area is 92.4 Å². The van der Waals surface area contributed by atoms with Gasteiger partial charge in [-0.1, -0.05) is 0 Å². The molecule has 88 valence electrons. The predicted octanol–water partition coefficient (Wildman–Crippen LogP) is 2.09. The number of carbonyl (C=O) groups excluding carboxylic acids is 1. The number of nitrogens with two attached hydrogens (primary N) is 1. The van der Waals surface area contributed by atoms with Gasteiger partial charge in [0.05, 0.1) is 12.0 Å². The van der Waals surface area contributed by atoms with E-state index in [0.29, 0.717) is 18.6 Å². The van der Waals surface area contributed by atoms with E-state index in [9.17, 15) is 4.79 Å². The van der Waals surface area contributed by atoms with E-state index in [-0.39, 0.29) is 11.4 Å². The normalized spacial score (nSPS) is 27.5. The second-order valence-corrected chi connectivity index (χ2v) is 5.05. The van der Waals surface area contributed by atoms with Gasteiger partial charge in [-0.05, 0) is 52.4 Å². The van der Waals surface area contributed by atoms with Gasteiger partial charge in [0.1, 0.15) is 0 Å². The zero-order chi connectivity index (χ0) is 11.5. The maximum Gasteiger partial charge on any atom is 0.311 e. The van der Waals surface area contributed by atoms with Crippen molar-refractivity contribution in [2.24, 2.45) is 17.1 Å². The first-order chi connectivity index (χ1) is 6.98. The van der Waals surface area contributed by atoms with Crippen LogP contribution in [0, 0.1) is 11.3 Å². The van der Waals surface area contributed by atoms with Crippen LogP contribution in [0.25, 0.3) is 0 Å². The van der Waals surface area contributed by atoms with Crippen LogP contribution in [0.1, 0.15) is 46.5 Å². The van der Waals surface area contributed by atoms with E-state index in [4.69, 9.17) is 10.5 Å². The van der Waals surface area contributed by atoms with Crippen LogP contribution >= 0.6 is 0 Å². The molecule has 0 radical (unpaired) electrons. The zero-order valence-corrected chi connectivity index (χ0v) is 10.1. The Kier molecular flexibility index (Phi) is 4.14. The largest absolute Gasteiger partial charge is 0.466 e. The lowest BCUT2D eigenvalue weighted by molar-refractivity contribution is -0.157. The van der Waals surface area contributed by atoms with Crippen LogP contribution in [-0.4, -0.2) is 18.6 Å². The Morgan fingerprint density at radius 1 is 1.33 bits per heavy atom. The molecule has 1 aliphatic carbocycles. The molecule has 2 N–H and O–H groups in total. The van der Waals surface area contributed by atoms with Crippen LogP contribution < -0.4 is 5.73 Å². The molecule has 0 bridgehead atoms. The first-order valence-electron chi connectivity index (χ1n) is 5.91. The second kappa shape index (κ2) is 4.97. The molecule has 0 aromatic rings. The van der Waals surface area contributed by atoms with E-state index in [1.54, 1.807) is 0 Å². The number of rotatable bonds is 3. The molecule has 0 saturated heterocycles. The maximum atomic E-state index is 11.8. The molecule has 1 rings (SSSR count). The minimum atomic E-state index is -0.351. The molecule has 0 heterocycles. The Morgan fingerprint density at radius 2 is 1.87 bits per heavy atom. The summed E-state index contributed by atoms with van der Waals surface area (Å²) in [5.74, 6) is 0.363. The average Bonchev–Trinajstić information content (AvgIpc) is 2.18. The van der Waals surface area contributed by atoms with Crippen molar-refractivity contribution in [3.63, 3.8) is 0 Å². The first-order valence-corrected chi connectivity index (χ1v) is 5.91. The maximum absolute atomic E-state index is 11.8. The summed E-state index contributed by atoms with van der Waals surface area (Å²) in [5, 5.41) is 0. The van der Waals surface area contributed by atoms with Crippen molar-refractivity contribution < 1.29 is 9.53 Å². The van der Waals surface area contributed by atoms with Gasteiger partial charge in [0.15, 0.2) is 0 Å². The third kappa shape index (κ3) is 2.94. The summed E-state index contributed by atoms with van der Waals surface area (Å²) >= 11 is 0. The average molecular weight is 213 g/mol. The summed E-state index contributed by atoms with van der Waals surface area (Å²) in [6.07, 6.45) is 4.17. The van der Waals surface area contributed by atoms with Gasteiger partial charge >= 0.3 is 5.97 Å². The Hall–Kier alpha value is -0.570. The van der Waals surface area contributed by atoms with E-state index in [1.807, 2.05) is 20.8 Å². The van der Waals surface area contributed by atoms with Crippen molar-refractivity contribution >= 4 is 5.97 Å². The van der Waals surface area contributed by atoms with Gasteiger partial charge in [0, 0.05) is 6.04 Å². The molecule has 0 spiro atoms. The quantitative estimate of drug-likeness (QED) is 0.730. The van der Waals surface area contributed by atoms with Gasteiger partial charge in [0.2, 0.25) is 0 Å². The Balaban J connectivity index is 2.56. The SMILES string of the molecule is CCOC(=O)C(C)(C)C1CCC(N)CC1. The molecule has 3 heteroatoms. The number of hydrogen-bond donors (Lipinski definition) is 1. The van der Waals surface area contributed by atoms with E-state index in [1.165, 1.54) is 0 Å². The van der Waals surface area contributed by atoms with Gasteiger partial charge in [-0.15, -0.1) is 0 Å². The van der Waals surface area contributed by atoms with Gasteiger partial charge in [0.25, 0.3) is 0 Å². The summed E-state index contributed by atoms with van der Waals surface area (Å²) in [4.78, 5) is 11.8. The van der Waals surface area contributed by atoms with Crippen molar-refractivity contribution in [1.29, 1.82) is 0 Å². The molecule has 1 aliphatic rings. The molecule has 0 atom stereocenters. The van der Waals surface area contributed by atoms with E-state index in [2.05, 4.69) is 0 Å². The number of hydrogen-bond acceptors (Lipinski definition) is 3. The highest BCUT2D eigenvalue weighted by Gasteiger charge is 2.39. The Morgan fingerprint density at radius 3 is 2.33 bits per heavy atom. The zero-order valence-electron chi connectivity index (χ0n) is 10.1. The summed E-state index contributed by atoms with van der Waals surface area (Å²) < 4.78 is 5.12. The summed E-state index contributed by atoms with van der Waals surface area (Å²) in [6, 6.07) is 0.333. The standard InChI is InChI=1S/C12H23NO2/c1-4-15-11(14)12(2,3)9-5-7-10(13)8-6-9/h9-10H,4-8,13H2,1-3H3. The third-order valence-corrected chi connectivity index (χ3v) is 3.59. The third-order valence-electron chi connectivity index (χ3n) is 3.59. The van der Waals surface area contributed by atoms with E-state index in [0.717, 1.165) is 25.7 Å². The van der Waals surface area contributed by atoms with Crippen molar-refractivity contribution in [2.45, 2.75) is 52.5 Å². The van der Waals surface area contributed by atoms with Gasteiger partial charge in [-0.25, -0.2) is 0 Å². The monoisotopic (exact) mass is 213 g/mol. The highest BCUT2D eigenvalue weighted by molar-refractivity contribution is 5.76. The summed E-state index contributed by atoms with van der Waals surface area (Å²) in [5.41, 5.74) is 5.51. The van der Waals surface area contributed by atoms with Crippen molar-refractivity contribution in [3.8, 4) is 0 Å². The van der Waals surface area contributed by atoms with Crippen molar-refractivity contribution in [3.05, 3.63) is 0 Å². The highest BCUT2D eigenvalue weighted by Crippen LogP contribution is 2.38. The fourth-order valence-corrected chi connectivity index (χ4v) is 2.32. The van der Waals surface area contributed by atoms with Gasteiger partial charge < -0.3 is 10.5 Å². The predicted molar refractivity (Wildman–Crippen MR) is 60.3 cm³/mol. The van der Waals surface area contributed by atoms with Crippen LogP contribution in [0.3, 0.4) is 0 Å². The number of ether oxygens (including phenoxy) is 1. The molecule has 0 amide bonds. The minimum Gasteiger partial charge on any atom is -0.466 e. The van der Waals surface area contributed by atoms with E-state index >= 15 is 0 Å². The molecule has 3 nitrogen and oxygen atoms in total. The molecule has 0 aliphatic heterocycles. The molecule has 0 aromatic carbocycles. The summed E-state index contributed by atoms with van der Waals surface area (Å²) in [6.45, 7) is 6.30. The van der Waals surface area contributed by atoms with Crippen LogP contribution in [-0.2, 0) is 9.53 Å². The van der Waals surface area contributed by atoms with Crippen LogP contribution in [0.2, 0.25) is 0 Å². The molecule has 0 unspecified atom stereocenters. The lowest BCUT2D eigenvalue weighted by Crippen LogP contribution is -2.39. The van der Waals surface area contributed by atoms with Crippen LogP contribution in [0.4, 0.5) is 0 Å². The van der Waals surface area contributed by atoms with Crippen LogP contribution in [0.5, 0.6) is 0 Å². The fraction of sp³-hybridized carbons (Fsp3) is 0.917. The second-order valence-electron chi connectivity index (χ2n) is 5.05. The molecule has 0 aromatic heterocycles. The minimum absolute atomic E-state index is 0.0644. The molecule has 1 saturated carbocycles. The Bertz CT molecular complexity index is 218. The summed E-state index contributed by atoms with van der Waals surface area (Å²) in [7, 11) is 0. The molecule has 15 heavy (non-hydrogen) atoms. The number of esters is 1. The van der Waals surface area contributed by atoms with Crippen LogP contribution in [0.15, 0.2) is 0 Å². The highest BCUT2D eigenvalue weighted by atomic mass is 16.5. The van der Waals surface area contributed by atoms with Crippen molar-refractivity contribution in [2.75, 3.05) is 6.61 Å². The van der Waals surface area contributed by atoms with Gasteiger partial charge in [-0.2, -0.15) is 0 Å². The van der Waals surface area contributed by atoms with E-state index < -0.39 is 0 Å². The molecular formula is C12H23NO2. The molecule has 1 fully saturated rings.